The van der Waals surface area contributed by atoms with Crippen LogP contribution in [0.4, 0.5) is 16.6 Å². The molecule has 0 spiro atoms. The number of ether oxygens (including phenoxy) is 1. The molecule has 0 saturated heterocycles. The molecule has 7 nitrogen and oxygen atoms in total. The second-order valence-electron chi connectivity index (χ2n) is 6.71. The van der Waals surface area contributed by atoms with Crippen molar-refractivity contribution in [3.8, 4) is 5.75 Å². The molecule has 1 aliphatic rings. The van der Waals surface area contributed by atoms with Crippen molar-refractivity contribution < 1.29 is 4.74 Å². The first-order valence-electron chi connectivity index (χ1n) is 8.94. The molecule has 1 N–H and O–H groups in total. The van der Waals surface area contributed by atoms with Crippen LogP contribution in [0.15, 0.2) is 30.9 Å². The number of nitrogens with zero attached hydrogens (tertiary/aromatic N) is 5. The summed E-state index contributed by atoms with van der Waals surface area (Å²) in [6.07, 6.45) is 7.87. The van der Waals surface area contributed by atoms with E-state index in [4.69, 9.17) is 9.72 Å². The van der Waals surface area contributed by atoms with E-state index in [2.05, 4.69) is 45.1 Å². The minimum atomic E-state index is 0.332. The highest BCUT2D eigenvalue weighted by atomic mass is 32.1. The van der Waals surface area contributed by atoms with Gasteiger partial charge in [-0.1, -0.05) is 25.2 Å². The average Bonchev–Trinajstić information content (AvgIpc) is 3.09. The molecular formula is C19H22N6OS. The standard InChI is InChI=1S/C19H22N6OS/c1-12(2)18-15(26-3)8-13(9-22-18)25-7-4-14-16(11-25)27-19(23-14)24-17-10-20-5-6-21-17/h5-6,8-10,12H,4,7,11H2,1-3H3,(H,21,23,24). The Morgan fingerprint density at radius 2 is 2.11 bits per heavy atom. The molecule has 4 rings (SSSR count). The predicted octanol–water partition coefficient (Wildman–Crippen LogP) is 3.77. The summed E-state index contributed by atoms with van der Waals surface area (Å²) in [6.45, 7) is 5.98. The Labute approximate surface area is 162 Å². The number of rotatable bonds is 5. The number of aromatic nitrogens is 4. The lowest BCUT2D eigenvalue weighted by molar-refractivity contribution is 0.404. The summed E-state index contributed by atoms with van der Waals surface area (Å²) >= 11 is 1.66. The van der Waals surface area contributed by atoms with Gasteiger partial charge in [-0.15, -0.1) is 0 Å². The zero-order valence-electron chi connectivity index (χ0n) is 15.6. The van der Waals surface area contributed by atoms with Crippen LogP contribution in [0.3, 0.4) is 0 Å². The van der Waals surface area contributed by atoms with Crippen LogP contribution in [0.1, 0.15) is 36.0 Å². The number of fused-ring (bicyclic) bond motifs is 1. The number of pyridine rings is 1. The molecule has 3 aromatic rings. The fourth-order valence-electron chi connectivity index (χ4n) is 3.16. The molecule has 0 aromatic carbocycles. The van der Waals surface area contributed by atoms with Gasteiger partial charge in [-0.3, -0.25) is 9.97 Å². The highest BCUT2D eigenvalue weighted by Crippen LogP contribution is 2.34. The van der Waals surface area contributed by atoms with Crippen molar-refractivity contribution in [2.24, 2.45) is 0 Å². The van der Waals surface area contributed by atoms with E-state index >= 15 is 0 Å². The molecular weight excluding hydrogens is 360 g/mol. The van der Waals surface area contributed by atoms with Crippen molar-refractivity contribution in [3.63, 3.8) is 0 Å². The number of hydrogen-bond acceptors (Lipinski definition) is 8. The zero-order valence-corrected chi connectivity index (χ0v) is 16.5. The number of nitrogens with one attached hydrogen (secondary N) is 1. The van der Waals surface area contributed by atoms with Gasteiger partial charge in [0.2, 0.25) is 0 Å². The topological polar surface area (TPSA) is 76.1 Å². The summed E-state index contributed by atoms with van der Waals surface area (Å²) in [5.74, 6) is 1.89. The van der Waals surface area contributed by atoms with E-state index in [0.29, 0.717) is 11.7 Å². The summed E-state index contributed by atoms with van der Waals surface area (Å²) in [7, 11) is 1.70. The molecule has 0 saturated carbocycles. The molecule has 1 aliphatic heterocycles. The lowest BCUT2D eigenvalue weighted by Crippen LogP contribution is -2.29. The third-order valence-electron chi connectivity index (χ3n) is 4.53. The zero-order chi connectivity index (χ0) is 18.8. The smallest absolute Gasteiger partial charge is 0.188 e. The van der Waals surface area contributed by atoms with Crippen molar-refractivity contribution in [2.75, 3.05) is 23.9 Å². The molecule has 27 heavy (non-hydrogen) atoms. The molecule has 0 unspecified atom stereocenters. The molecule has 0 radical (unpaired) electrons. The fourth-order valence-corrected chi connectivity index (χ4v) is 4.19. The quantitative estimate of drug-likeness (QED) is 0.720. The van der Waals surface area contributed by atoms with Crippen LogP contribution in [0.5, 0.6) is 5.75 Å². The van der Waals surface area contributed by atoms with Crippen LogP contribution in [-0.4, -0.2) is 33.6 Å². The lowest BCUT2D eigenvalue weighted by Gasteiger charge is -2.28. The van der Waals surface area contributed by atoms with Gasteiger partial charge in [0, 0.05) is 36.3 Å². The van der Waals surface area contributed by atoms with Crippen LogP contribution in [0.25, 0.3) is 0 Å². The van der Waals surface area contributed by atoms with E-state index in [1.165, 1.54) is 4.88 Å². The van der Waals surface area contributed by atoms with Gasteiger partial charge < -0.3 is 15.0 Å². The maximum absolute atomic E-state index is 5.56. The molecule has 0 atom stereocenters. The molecule has 0 amide bonds. The summed E-state index contributed by atoms with van der Waals surface area (Å²) in [6, 6.07) is 2.09. The normalized spacial score (nSPS) is 13.6. The average molecular weight is 382 g/mol. The second kappa shape index (κ2) is 7.48. The fraction of sp³-hybridized carbons (Fsp3) is 0.368. The highest BCUT2D eigenvalue weighted by Gasteiger charge is 2.22. The van der Waals surface area contributed by atoms with E-state index in [-0.39, 0.29) is 0 Å². The summed E-state index contributed by atoms with van der Waals surface area (Å²) in [5, 5.41) is 4.09. The van der Waals surface area contributed by atoms with Crippen LogP contribution in [-0.2, 0) is 13.0 Å². The Kier molecular flexibility index (Phi) is 4.89. The van der Waals surface area contributed by atoms with Crippen molar-refractivity contribution in [1.82, 2.24) is 19.9 Å². The van der Waals surface area contributed by atoms with Crippen LogP contribution >= 0.6 is 11.3 Å². The van der Waals surface area contributed by atoms with Crippen LogP contribution < -0.4 is 15.0 Å². The molecule has 0 bridgehead atoms. The molecule has 0 fully saturated rings. The van der Waals surface area contributed by atoms with Crippen molar-refractivity contribution >= 4 is 28.0 Å². The molecule has 3 aromatic heterocycles. The van der Waals surface area contributed by atoms with Crippen molar-refractivity contribution in [1.29, 1.82) is 0 Å². The van der Waals surface area contributed by atoms with Gasteiger partial charge in [0.25, 0.3) is 0 Å². The Balaban J connectivity index is 1.53. The van der Waals surface area contributed by atoms with Gasteiger partial charge in [0.15, 0.2) is 10.9 Å². The number of methoxy groups -OCH3 is 1. The van der Waals surface area contributed by atoms with E-state index in [9.17, 15) is 0 Å². The van der Waals surface area contributed by atoms with E-state index in [1.807, 2.05) is 6.20 Å². The number of anilines is 3. The van der Waals surface area contributed by atoms with Gasteiger partial charge in [0.05, 0.1) is 43.1 Å². The predicted molar refractivity (Wildman–Crippen MR) is 107 cm³/mol. The third kappa shape index (κ3) is 3.71. The van der Waals surface area contributed by atoms with Gasteiger partial charge >= 0.3 is 0 Å². The van der Waals surface area contributed by atoms with Crippen LogP contribution in [0.2, 0.25) is 0 Å². The minimum Gasteiger partial charge on any atom is -0.495 e. The lowest BCUT2D eigenvalue weighted by atomic mass is 10.1. The molecule has 140 valence electrons. The molecule has 0 aliphatic carbocycles. The van der Waals surface area contributed by atoms with Crippen molar-refractivity contribution in [2.45, 2.75) is 32.7 Å². The monoisotopic (exact) mass is 382 g/mol. The van der Waals surface area contributed by atoms with Gasteiger partial charge in [-0.2, -0.15) is 0 Å². The summed E-state index contributed by atoms with van der Waals surface area (Å²) in [5.41, 5.74) is 3.23. The SMILES string of the molecule is COc1cc(N2CCc3nc(Nc4cnccn4)sc3C2)cnc1C(C)C. The number of hydrogen-bond donors (Lipinski definition) is 1. The Bertz CT molecular complexity index is 927. The van der Waals surface area contributed by atoms with Crippen LogP contribution in [0, 0.1) is 0 Å². The van der Waals surface area contributed by atoms with E-state index < -0.39 is 0 Å². The largest absolute Gasteiger partial charge is 0.495 e. The minimum absolute atomic E-state index is 0.332. The first-order chi connectivity index (χ1) is 13.1. The van der Waals surface area contributed by atoms with Crippen molar-refractivity contribution in [3.05, 3.63) is 47.1 Å². The van der Waals surface area contributed by atoms with Gasteiger partial charge in [-0.05, 0) is 5.92 Å². The Morgan fingerprint density at radius 1 is 1.22 bits per heavy atom. The summed E-state index contributed by atoms with van der Waals surface area (Å²) < 4.78 is 5.56. The van der Waals surface area contributed by atoms with Gasteiger partial charge in [0.1, 0.15) is 5.75 Å². The first kappa shape index (κ1) is 17.7. The van der Waals surface area contributed by atoms with E-state index in [1.54, 1.807) is 37.0 Å². The van der Waals surface area contributed by atoms with E-state index in [0.717, 1.165) is 47.5 Å². The maximum atomic E-state index is 5.56. The summed E-state index contributed by atoms with van der Waals surface area (Å²) in [4.78, 5) is 21.3. The Hall–Kier alpha value is -2.74. The Morgan fingerprint density at radius 3 is 2.85 bits per heavy atom. The highest BCUT2D eigenvalue weighted by molar-refractivity contribution is 7.15. The first-order valence-corrected chi connectivity index (χ1v) is 9.76. The third-order valence-corrected chi connectivity index (χ3v) is 5.53. The maximum Gasteiger partial charge on any atom is 0.188 e. The van der Waals surface area contributed by atoms with Gasteiger partial charge in [-0.25, -0.2) is 9.97 Å². The molecule has 8 heteroatoms. The number of thiazole rings is 1. The second-order valence-corrected chi connectivity index (χ2v) is 7.80. The molecule has 4 heterocycles.